The van der Waals surface area contributed by atoms with Gasteiger partial charge >= 0.3 is 0 Å². The Balaban J connectivity index is 2.15. The minimum Gasteiger partial charge on any atom is -0.454 e. The Morgan fingerprint density at radius 3 is 2.53 bits per heavy atom. The number of alkyl halides is 2. The Morgan fingerprint density at radius 2 is 1.89 bits per heavy atom. The molecule has 1 aliphatic carbocycles. The molecule has 0 radical (unpaired) electrons. The van der Waals surface area contributed by atoms with E-state index < -0.39 is 11.5 Å². The maximum absolute atomic E-state index is 13.6. The third kappa shape index (κ3) is 2.06. The van der Waals surface area contributed by atoms with Crippen LogP contribution in [-0.2, 0) is 11.5 Å². The van der Waals surface area contributed by atoms with Gasteiger partial charge in [0.15, 0.2) is 11.5 Å². The zero-order valence-corrected chi connectivity index (χ0v) is 10.8. The summed E-state index contributed by atoms with van der Waals surface area (Å²) in [6.07, 6.45) is 3.61. The first-order chi connectivity index (χ1) is 8.90. The van der Waals surface area contributed by atoms with E-state index in [2.05, 4.69) is 0 Å². The van der Waals surface area contributed by atoms with Crippen LogP contribution in [0.25, 0.3) is 0 Å². The highest BCUT2D eigenvalue weighted by Gasteiger charge is 2.39. The van der Waals surface area contributed by atoms with Gasteiger partial charge in [-0.25, -0.2) is 8.78 Å². The smallest absolute Gasteiger partial charge is 0.270 e. The molecule has 1 aromatic rings. The molecule has 0 bridgehead atoms. The van der Waals surface area contributed by atoms with Gasteiger partial charge in [0.1, 0.15) is 0 Å². The zero-order valence-electron chi connectivity index (χ0n) is 10.8. The summed E-state index contributed by atoms with van der Waals surface area (Å²) in [6.45, 7) is 0.948. The van der Waals surface area contributed by atoms with Crippen molar-refractivity contribution in [3.05, 3.63) is 23.3 Å². The molecule has 0 spiro atoms. The lowest BCUT2D eigenvalue weighted by molar-refractivity contribution is 0.0171. The van der Waals surface area contributed by atoms with Gasteiger partial charge in [-0.3, -0.25) is 0 Å². The number of hydrogen-bond donors (Lipinski definition) is 1. The number of ether oxygens (including phenoxy) is 2. The largest absolute Gasteiger partial charge is 0.454 e. The third-order valence-corrected chi connectivity index (χ3v) is 4.01. The molecule has 1 aliphatic heterocycles. The molecule has 0 unspecified atom stereocenters. The molecule has 1 heterocycles. The van der Waals surface area contributed by atoms with E-state index in [9.17, 15) is 8.78 Å². The molecule has 3 nitrogen and oxygen atoms in total. The van der Waals surface area contributed by atoms with Crippen LogP contribution in [0.4, 0.5) is 8.78 Å². The van der Waals surface area contributed by atoms with Crippen LogP contribution in [0.15, 0.2) is 12.1 Å². The molecule has 3 rings (SSSR count). The van der Waals surface area contributed by atoms with Crippen molar-refractivity contribution < 1.29 is 18.3 Å². The molecular formula is C14H17F2NO2. The van der Waals surface area contributed by atoms with Gasteiger partial charge in [-0.05, 0) is 25.0 Å². The molecule has 0 amide bonds. The van der Waals surface area contributed by atoms with E-state index in [4.69, 9.17) is 15.2 Å². The predicted octanol–water partition coefficient (Wildman–Crippen LogP) is 3.26. The number of benzene rings is 1. The second-order valence-electron chi connectivity index (χ2n) is 5.51. The van der Waals surface area contributed by atoms with Crippen LogP contribution in [0.1, 0.15) is 43.7 Å². The molecule has 1 aromatic carbocycles. The number of fused-ring (bicyclic) bond motifs is 1. The van der Waals surface area contributed by atoms with E-state index in [1.54, 1.807) is 0 Å². The number of nitrogens with two attached hydrogens (primary N) is 1. The van der Waals surface area contributed by atoms with Crippen molar-refractivity contribution in [2.75, 3.05) is 6.79 Å². The zero-order chi connectivity index (χ0) is 13.7. The van der Waals surface area contributed by atoms with Crippen LogP contribution in [-0.4, -0.2) is 6.79 Å². The molecule has 1 fully saturated rings. The van der Waals surface area contributed by atoms with Gasteiger partial charge in [0.25, 0.3) is 5.92 Å². The van der Waals surface area contributed by atoms with E-state index in [0.717, 1.165) is 32.6 Å². The summed E-state index contributed by atoms with van der Waals surface area (Å²) >= 11 is 0. The lowest BCUT2D eigenvalue weighted by Crippen LogP contribution is -2.33. The number of halogens is 2. The molecule has 19 heavy (non-hydrogen) atoms. The summed E-state index contributed by atoms with van der Waals surface area (Å²) in [6, 6.07) is 2.84. The second-order valence-corrected chi connectivity index (χ2v) is 5.51. The standard InChI is InChI=1S/C14H17F2NO2/c1-13(15,16)9-6-10(14(17)4-2-3-5-14)12-11(7-9)18-8-19-12/h6-7H,2-5,8,17H2,1H3. The topological polar surface area (TPSA) is 44.5 Å². The van der Waals surface area contributed by atoms with E-state index in [0.29, 0.717) is 17.1 Å². The van der Waals surface area contributed by atoms with Crippen molar-refractivity contribution in [3.63, 3.8) is 0 Å². The molecule has 0 atom stereocenters. The van der Waals surface area contributed by atoms with Crippen molar-refractivity contribution in [1.82, 2.24) is 0 Å². The monoisotopic (exact) mass is 269 g/mol. The fraction of sp³-hybridized carbons (Fsp3) is 0.571. The first kappa shape index (κ1) is 12.7. The quantitative estimate of drug-likeness (QED) is 0.896. The van der Waals surface area contributed by atoms with Crippen molar-refractivity contribution in [1.29, 1.82) is 0 Å². The lowest BCUT2D eigenvalue weighted by atomic mass is 9.86. The first-order valence-electron chi connectivity index (χ1n) is 6.51. The van der Waals surface area contributed by atoms with Crippen LogP contribution in [0.3, 0.4) is 0 Å². The molecule has 5 heteroatoms. The highest BCUT2D eigenvalue weighted by molar-refractivity contribution is 5.54. The van der Waals surface area contributed by atoms with Crippen molar-refractivity contribution in [2.24, 2.45) is 5.73 Å². The van der Waals surface area contributed by atoms with Crippen molar-refractivity contribution >= 4 is 0 Å². The van der Waals surface area contributed by atoms with Crippen LogP contribution < -0.4 is 15.2 Å². The fourth-order valence-electron chi connectivity index (χ4n) is 2.91. The molecule has 2 aliphatic rings. The fourth-order valence-corrected chi connectivity index (χ4v) is 2.91. The van der Waals surface area contributed by atoms with Gasteiger partial charge in [0.05, 0.1) is 0 Å². The highest BCUT2D eigenvalue weighted by Crippen LogP contribution is 2.48. The first-order valence-corrected chi connectivity index (χ1v) is 6.51. The Bertz CT molecular complexity index is 505. The van der Waals surface area contributed by atoms with E-state index in [1.165, 1.54) is 12.1 Å². The summed E-state index contributed by atoms with van der Waals surface area (Å²) < 4.78 is 37.9. The molecule has 0 aromatic heterocycles. The average molecular weight is 269 g/mol. The van der Waals surface area contributed by atoms with Crippen LogP contribution in [0.2, 0.25) is 0 Å². The van der Waals surface area contributed by atoms with E-state index in [1.807, 2.05) is 0 Å². The number of rotatable bonds is 2. The van der Waals surface area contributed by atoms with Gasteiger partial charge < -0.3 is 15.2 Å². The van der Waals surface area contributed by atoms with Gasteiger partial charge in [0, 0.05) is 23.6 Å². The lowest BCUT2D eigenvalue weighted by Gasteiger charge is -2.26. The van der Waals surface area contributed by atoms with Crippen molar-refractivity contribution in [3.8, 4) is 11.5 Å². The van der Waals surface area contributed by atoms with E-state index >= 15 is 0 Å². The van der Waals surface area contributed by atoms with Gasteiger partial charge in [-0.1, -0.05) is 12.8 Å². The number of hydrogen-bond acceptors (Lipinski definition) is 3. The normalized spacial score (nSPS) is 20.8. The summed E-state index contributed by atoms with van der Waals surface area (Å²) in [5.74, 6) is -1.99. The van der Waals surface area contributed by atoms with Crippen LogP contribution in [0.5, 0.6) is 11.5 Å². The summed E-state index contributed by atoms with van der Waals surface area (Å²) in [5.41, 5.74) is 6.41. The summed E-state index contributed by atoms with van der Waals surface area (Å²) in [4.78, 5) is 0. The van der Waals surface area contributed by atoms with Crippen LogP contribution >= 0.6 is 0 Å². The summed E-state index contributed by atoms with van der Waals surface area (Å²) in [7, 11) is 0. The SMILES string of the molecule is CC(F)(F)c1cc2c(c(C3(N)CCCC3)c1)OCO2. The second kappa shape index (κ2) is 4.07. The minimum atomic E-state index is -2.91. The highest BCUT2D eigenvalue weighted by atomic mass is 19.3. The van der Waals surface area contributed by atoms with Gasteiger partial charge in [-0.2, -0.15) is 0 Å². The Labute approximate surface area is 110 Å². The molecule has 104 valence electrons. The van der Waals surface area contributed by atoms with Gasteiger partial charge in [0.2, 0.25) is 6.79 Å². The van der Waals surface area contributed by atoms with Crippen LogP contribution in [0, 0.1) is 0 Å². The molecule has 0 saturated heterocycles. The Hall–Kier alpha value is -1.36. The Kier molecular flexibility index (Phi) is 2.71. The van der Waals surface area contributed by atoms with Gasteiger partial charge in [-0.15, -0.1) is 0 Å². The average Bonchev–Trinajstić information content (AvgIpc) is 2.95. The molecule has 1 saturated carbocycles. The maximum Gasteiger partial charge on any atom is 0.270 e. The predicted molar refractivity (Wildman–Crippen MR) is 66.5 cm³/mol. The third-order valence-electron chi connectivity index (χ3n) is 4.01. The van der Waals surface area contributed by atoms with Crippen molar-refractivity contribution in [2.45, 2.75) is 44.1 Å². The molecular weight excluding hydrogens is 252 g/mol. The van der Waals surface area contributed by atoms with E-state index in [-0.39, 0.29) is 12.4 Å². The Morgan fingerprint density at radius 1 is 1.21 bits per heavy atom. The minimum absolute atomic E-state index is 0.0662. The molecule has 2 N–H and O–H groups in total. The summed E-state index contributed by atoms with van der Waals surface area (Å²) in [5, 5.41) is 0. The maximum atomic E-state index is 13.6.